The van der Waals surface area contributed by atoms with E-state index in [1.807, 2.05) is 6.92 Å². The maximum Gasteiger partial charge on any atom is 0.0483 e. The second kappa shape index (κ2) is 8.08. The predicted molar refractivity (Wildman–Crippen MR) is 85.3 cm³/mol. The molecule has 1 aromatic heterocycles. The lowest BCUT2D eigenvalue weighted by Crippen LogP contribution is -2.21. The van der Waals surface area contributed by atoms with Gasteiger partial charge in [0.1, 0.15) is 0 Å². The molecule has 0 fully saturated rings. The number of nitrogens with zero attached hydrogens (tertiary/aromatic N) is 1. The van der Waals surface area contributed by atoms with Gasteiger partial charge in [-0.05, 0) is 44.9 Å². The van der Waals surface area contributed by atoms with E-state index in [1.165, 1.54) is 22.9 Å². The number of rotatable bonds is 9. The van der Waals surface area contributed by atoms with Crippen LogP contribution >= 0.6 is 0 Å². The molecule has 2 rings (SSSR count). The molecule has 20 heavy (non-hydrogen) atoms. The molecule has 0 aliphatic heterocycles. The molecule has 0 aliphatic carbocycles. The fraction of sp³-hybridized carbons (Fsp3) is 0.529. The third kappa shape index (κ3) is 4.09. The summed E-state index contributed by atoms with van der Waals surface area (Å²) in [6, 6.07) is 8.61. The number of ether oxygens (including phenoxy) is 1. The topological polar surface area (TPSA) is 26.2 Å². The minimum absolute atomic E-state index is 0.827. The monoisotopic (exact) mass is 274 g/mol. The van der Waals surface area contributed by atoms with Gasteiger partial charge in [0.25, 0.3) is 0 Å². The number of nitrogens with one attached hydrogen (secondary N) is 1. The van der Waals surface area contributed by atoms with Crippen molar-refractivity contribution in [3.8, 4) is 0 Å². The molecule has 0 aliphatic rings. The molecule has 0 saturated carbocycles. The molecule has 1 heterocycles. The third-order valence-corrected chi connectivity index (χ3v) is 3.61. The van der Waals surface area contributed by atoms with Gasteiger partial charge in [-0.15, -0.1) is 0 Å². The Morgan fingerprint density at radius 3 is 2.85 bits per heavy atom. The minimum atomic E-state index is 0.827. The van der Waals surface area contributed by atoms with Crippen LogP contribution in [0.2, 0.25) is 0 Å². The Labute approximate surface area is 121 Å². The standard InChI is InChI=1S/C17H26N2O/c1-3-20-13-7-6-10-18-11-12-19-14-15(2)16-8-4-5-9-17(16)19/h4-5,8-9,14,18H,3,6-7,10-13H2,1-2H3. The molecule has 0 unspecified atom stereocenters. The van der Waals surface area contributed by atoms with Crippen molar-refractivity contribution in [3.63, 3.8) is 0 Å². The van der Waals surface area contributed by atoms with Crippen molar-refractivity contribution in [1.29, 1.82) is 0 Å². The minimum Gasteiger partial charge on any atom is -0.382 e. The highest BCUT2D eigenvalue weighted by atomic mass is 16.5. The predicted octanol–water partition coefficient (Wildman–Crippen LogP) is 3.36. The second-order valence-electron chi connectivity index (χ2n) is 5.18. The van der Waals surface area contributed by atoms with E-state index in [2.05, 4.69) is 47.3 Å². The zero-order valence-corrected chi connectivity index (χ0v) is 12.7. The Bertz CT molecular complexity index is 519. The van der Waals surface area contributed by atoms with Crippen molar-refractivity contribution in [1.82, 2.24) is 9.88 Å². The van der Waals surface area contributed by atoms with Crippen LogP contribution in [0.5, 0.6) is 0 Å². The highest BCUT2D eigenvalue weighted by Gasteiger charge is 2.03. The van der Waals surface area contributed by atoms with Crippen molar-refractivity contribution in [2.45, 2.75) is 33.2 Å². The van der Waals surface area contributed by atoms with E-state index in [1.54, 1.807) is 0 Å². The quantitative estimate of drug-likeness (QED) is 0.710. The Kier molecular flexibility index (Phi) is 6.09. The fourth-order valence-electron chi connectivity index (χ4n) is 2.54. The van der Waals surface area contributed by atoms with Gasteiger partial charge in [-0.3, -0.25) is 0 Å². The van der Waals surface area contributed by atoms with Gasteiger partial charge in [0.2, 0.25) is 0 Å². The van der Waals surface area contributed by atoms with E-state index in [0.29, 0.717) is 0 Å². The molecule has 0 amide bonds. The van der Waals surface area contributed by atoms with Gasteiger partial charge >= 0.3 is 0 Å². The number of fused-ring (bicyclic) bond motifs is 1. The summed E-state index contributed by atoms with van der Waals surface area (Å²) in [4.78, 5) is 0. The van der Waals surface area contributed by atoms with E-state index < -0.39 is 0 Å². The molecule has 0 saturated heterocycles. The van der Waals surface area contributed by atoms with Gasteiger partial charge in [-0.1, -0.05) is 18.2 Å². The summed E-state index contributed by atoms with van der Waals surface area (Å²) in [6.07, 6.45) is 4.58. The number of aromatic nitrogens is 1. The molecule has 1 N–H and O–H groups in total. The SMILES string of the molecule is CCOCCCCNCCn1cc(C)c2ccccc21. The number of aryl methyl sites for hydroxylation is 1. The Morgan fingerprint density at radius 1 is 1.15 bits per heavy atom. The van der Waals surface area contributed by atoms with E-state index >= 15 is 0 Å². The van der Waals surface area contributed by atoms with Crippen LogP contribution in [0.25, 0.3) is 10.9 Å². The average Bonchev–Trinajstić information content (AvgIpc) is 2.79. The maximum atomic E-state index is 5.33. The summed E-state index contributed by atoms with van der Waals surface area (Å²) in [5.74, 6) is 0. The second-order valence-corrected chi connectivity index (χ2v) is 5.18. The summed E-state index contributed by atoms with van der Waals surface area (Å²) >= 11 is 0. The first-order chi connectivity index (χ1) is 9.83. The summed E-state index contributed by atoms with van der Waals surface area (Å²) < 4.78 is 7.67. The van der Waals surface area contributed by atoms with Crippen LogP contribution in [-0.2, 0) is 11.3 Å². The molecule has 0 spiro atoms. The Balaban J connectivity index is 1.71. The number of unbranched alkanes of at least 4 members (excludes halogenated alkanes) is 1. The molecular formula is C17H26N2O. The molecule has 1 aromatic carbocycles. The van der Waals surface area contributed by atoms with Crippen LogP contribution < -0.4 is 5.32 Å². The van der Waals surface area contributed by atoms with E-state index in [9.17, 15) is 0 Å². The van der Waals surface area contributed by atoms with Gasteiger partial charge in [-0.25, -0.2) is 0 Å². The molecule has 2 aromatic rings. The van der Waals surface area contributed by atoms with Crippen LogP contribution in [0.4, 0.5) is 0 Å². The van der Waals surface area contributed by atoms with Crippen LogP contribution in [0.3, 0.4) is 0 Å². The van der Waals surface area contributed by atoms with Gasteiger partial charge in [-0.2, -0.15) is 0 Å². The highest BCUT2D eigenvalue weighted by molar-refractivity contribution is 5.83. The van der Waals surface area contributed by atoms with Gasteiger partial charge < -0.3 is 14.6 Å². The van der Waals surface area contributed by atoms with E-state index in [-0.39, 0.29) is 0 Å². The fourth-order valence-corrected chi connectivity index (χ4v) is 2.54. The molecule has 0 atom stereocenters. The Hall–Kier alpha value is -1.32. The van der Waals surface area contributed by atoms with Crippen molar-refractivity contribution in [2.75, 3.05) is 26.3 Å². The zero-order chi connectivity index (χ0) is 14.2. The number of para-hydroxylation sites is 1. The number of hydrogen-bond donors (Lipinski definition) is 1. The number of benzene rings is 1. The Morgan fingerprint density at radius 2 is 2.00 bits per heavy atom. The lowest BCUT2D eigenvalue weighted by Gasteiger charge is -2.07. The van der Waals surface area contributed by atoms with Gasteiger partial charge in [0.15, 0.2) is 0 Å². The summed E-state index contributed by atoms with van der Waals surface area (Å²) in [6.45, 7) is 9.06. The molecule has 0 bridgehead atoms. The maximum absolute atomic E-state index is 5.33. The van der Waals surface area contributed by atoms with Crippen LogP contribution in [-0.4, -0.2) is 30.9 Å². The smallest absolute Gasteiger partial charge is 0.0483 e. The van der Waals surface area contributed by atoms with E-state index in [0.717, 1.165) is 39.3 Å². The average molecular weight is 274 g/mol. The molecule has 0 radical (unpaired) electrons. The van der Waals surface area contributed by atoms with Gasteiger partial charge in [0.05, 0.1) is 0 Å². The molecular weight excluding hydrogens is 248 g/mol. The first-order valence-electron chi connectivity index (χ1n) is 7.66. The summed E-state index contributed by atoms with van der Waals surface area (Å²) in [7, 11) is 0. The van der Waals surface area contributed by atoms with Crippen LogP contribution in [0, 0.1) is 6.92 Å². The normalized spacial score (nSPS) is 11.3. The largest absolute Gasteiger partial charge is 0.382 e. The van der Waals surface area contributed by atoms with Crippen molar-refractivity contribution < 1.29 is 4.74 Å². The molecule has 3 nitrogen and oxygen atoms in total. The van der Waals surface area contributed by atoms with E-state index in [4.69, 9.17) is 4.74 Å². The zero-order valence-electron chi connectivity index (χ0n) is 12.7. The van der Waals surface area contributed by atoms with Gasteiger partial charge in [0, 0.05) is 43.4 Å². The molecule has 3 heteroatoms. The lowest BCUT2D eigenvalue weighted by molar-refractivity contribution is 0.143. The summed E-state index contributed by atoms with van der Waals surface area (Å²) in [5, 5.41) is 4.87. The number of hydrogen-bond acceptors (Lipinski definition) is 2. The van der Waals surface area contributed by atoms with Crippen molar-refractivity contribution in [3.05, 3.63) is 36.0 Å². The third-order valence-electron chi connectivity index (χ3n) is 3.61. The van der Waals surface area contributed by atoms with Crippen molar-refractivity contribution in [2.24, 2.45) is 0 Å². The highest BCUT2D eigenvalue weighted by Crippen LogP contribution is 2.19. The first-order valence-corrected chi connectivity index (χ1v) is 7.66. The first kappa shape index (κ1) is 15.1. The molecule has 110 valence electrons. The van der Waals surface area contributed by atoms with Crippen LogP contribution in [0.1, 0.15) is 25.3 Å². The lowest BCUT2D eigenvalue weighted by atomic mass is 10.2. The van der Waals surface area contributed by atoms with Crippen LogP contribution in [0.15, 0.2) is 30.5 Å². The van der Waals surface area contributed by atoms with Crippen molar-refractivity contribution >= 4 is 10.9 Å². The summed E-state index contributed by atoms with van der Waals surface area (Å²) in [5.41, 5.74) is 2.69.